The molecule has 1 aromatic rings. The molecule has 10 heteroatoms. The SMILES string of the molecule is CC[C@@H](C)NC(=O)NC(=O)CN1C(=O)N[C@@](C)(c2ccc3c(c2)OCO3)C1=O. The van der Waals surface area contributed by atoms with Crippen LogP contribution in [0.1, 0.15) is 32.8 Å². The zero-order chi connectivity index (χ0) is 20.5. The minimum atomic E-state index is -1.36. The molecule has 0 aliphatic carbocycles. The summed E-state index contributed by atoms with van der Waals surface area (Å²) in [4.78, 5) is 49.8. The van der Waals surface area contributed by atoms with Gasteiger partial charge < -0.3 is 20.1 Å². The topological polar surface area (TPSA) is 126 Å². The van der Waals surface area contributed by atoms with Crippen LogP contribution < -0.4 is 25.4 Å². The summed E-state index contributed by atoms with van der Waals surface area (Å²) in [5.74, 6) is -0.348. The van der Waals surface area contributed by atoms with E-state index in [9.17, 15) is 19.2 Å². The maximum absolute atomic E-state index is 12.9. The number of imide groups is 2. The molecule has 1 aromatic carbocycles. The second kappa shape index (κ2) is 7.37. The van der Waals surface area contributed by atoms with Crippen molar-refractivity contribution >= 4 is 23.9 Å². The number of nitrogens with one attached hydrogen (secondary N) is 3. The summed E-state index contributed by atoms with van der Waals surface area (Å²) in [6.45, 7) is 4.73. The van der Waals surface area contributed by atoms with E-state index in [-0.39, 0.29) is 12.8 Å². The fourth-order valence-electron chi connectivity index (χ4n) is 2.92. The van der Waals surface area contributed by atoms with E-state index in [0.717, 1.165) is 4.90 Å². The molecule has 2 aliphatic rings. The molecule has 1 saturated heterocycles. The fraction of sp³-hybridized carbons (Fsp3) is 0.444. The highest BCUT2D eigenvalue weighted by molar-refractivity contribution is 6.10. The van der Waals surface area contributed by atoms with E-state index < -0.39 is 36.0 Å². The van der Waals surface area contributed by atoms with Crippen molar-refractivity contribution in [2.45, 2.75) is 38.8 Å². The molecule has 2 atom stereocenters. The molecule has 1 fully saturated rings. The number of rotatable bonds is 5. The average Bonchev–Trinajstić information content (AvgIpc) is 3.19. The van der Waals surface area contributed by atoms with E-state index in [1.807, 2.05) is 6.92 Å². The minimum Gasteiger partial charge on any atom is -0.454 e. The van der Waals surface area contributed by atoms with Crippen LogP contribution in [0.2, 0.25) is 0 Å². The number of carbonyl (C=O) groups excluding carboxylic acids is 4. The second-order valence-corrected chi connectivity index (χ2v) is 6.85. The number of fused-ring (bicyclic) bond motifs is 1. The molecule has 0 aromatic heterocycles. The Morgan fingerprint density at radius 1 is 1.29 bits per heavy atom. The van der Waals surface area contributed by atoms with Crippen LogP contribution in [-0.2, 0) is 15.1 Å². The molecule has 0 saturated carbocycles. The van der Waals surface area contributed by atoms with Crippen LogP contribution >= 0.6 is 0 Å². The van der Waals surface area contributed by atoms with E-state index in [4.69, 9.17) is 9.47 Å². The van der Waals surface area contributed by atoms with Crippen molar-refractivity contribution in [2.24, 2.45) is 0 Å². The molecular formula is C18H22N4O6. The van der Waals surface area contributed by atoms with Gasteiger partial charge in [-0.2, -0.15) is 0 Å². The predicted octanol–water partition coefficient (Wildman–Crippen LogP) is 0.807. The molecule has 0 unspecified atom stereocenters. The van der Waals surface area contributed by atoms with Gasteiger partial charge in [-0.05, 0) is 38.0 Å². The number of carbonyl (C=O) groups is 4. The Morgan fingerprint density at radius 3 is 2.71 bits per heavy atom. The number of hydrogen-bond donors (Lipinski definition) is 3. The van der Waals surface area contributed by atoms with Gasteiger partial charge in [0, 0.05) is 6.04 Å². The molecular weight excluding hydrogens is 368 g/mol. The Hall–Kier alpha value is -3.30. The third-order valence-electron chi connectivity index (χ3n) is 4.77. The molecule has 6 amide bonds. The lowest BCUT2D eigenvalue weighted by atomic mass is 9.91. The monoisotopic (exact) mass is 390 g/mol. The van der Waals surface area contributed by atoms with Crippen molar-refractivity contribution < 1.29 is 28.7 Å². The number of urea groups is 2. The highest BCUT2D eigenvalue weighted by atomic mass is 16.7. The molecule has 3 rings (SSSR count). The van der Waals surface area contributed by atoms with Crippen LogP contribution in [0.5, 0.6) is 11.5 Å². The van der Waals surface area contributed by atoms with Gasteiger partial charge in [0.05, 0.1) is 0 Å². The summed E-state index contributed by atoms with van der Waals surface area (Å²) < 4.78 is 10.6. The number of nitrogens with zero attached hydrogens (tertiary/aromatic N) is 1. The quantitative estimate of drug-likeness (QED) is 0.639. The minimum absolute atomic E-state index is 0.0841. The third kappa shape index (κ3) is 3.57. The third-order valence-corrected chi connectivity index (χ3v) is 4.77. The van der Waals surface area contributed by atoms with Crippen molar-refractivity contribution in [3.8, 4) is 11.5 Å². The van der Waals surface area contributed by atoms with Gasteiger partial charge in [0.2, 0.25) is 12.7 Å². The van der Waals surface area contributed by atoms with Crippen LogP contribution in [0.15, 0.2) is 18.2 Å². The van der Waals surface area contributed by atoms with Crippen molar-refractivity contribution in [3.05, 3.63) is 23.8 Å². The van der Waals surface area contributed by atoms with Crippen LogP contribution in [0.3, 0.4) is 0 Å². The largest absolute Gasteiger partial charge is 0.454 e. The Labute approximate surface area is 161 Å². The van der Waals surface area contributed by atoms with Crippen LogP contribution in [0.4, 0.5) is 9.59 Å². The smallest absolute Gasteiger partial charge is 0.325 e. The Morgan fingerprint density at radius 2 is 2.00 bits per heavy atom. The molecule has 2 aliphatic heterocycles. The van der Waals surface area contributed by atoms with Gasteiger partial charge in [0.1, 0.15) is 12.1 Å². The van der Waals surface area contributed by atoms with E-state index >= 15 is 0 Å². The normalized spacial score (nSPS) is 21.3. The number of benzene rings is 1. The van der Waals surface area contributed by atoms with E-state index in [1.54, 1.807) is 25.1 Å². The van der Waals surface area contributed by atoms with E-state index in [1.165, 1.54) is 6.92 Å². The van der Waals surface area contributed by atoms with Gasteiger partial charge in [0.15, 0.2) is 11.5 Å². The number of hydrogen-bond acceptors (Lipinski definition) is 6. The van der Waals surface area contributed by atoms with Crippen molar-refractivity contribution in [3.63, 3.8) is 0 Å². The summed E-state index contributed by atoms with van der Waals surface area (Å²) in [5, 5.41) is 7.29. The van der Waals surface area contributed by atoms with E-state index in [2.05, 4.69) is 16.0 Å². The highest BCUT2D eigenvalue weighted by Crippen LogP contribution is 2.37. The zero-order valence-electron chi connectivity index (χ0n) is 15.8. The first-order valence-corrected chi connectivity index (χ1v) is 8.89. The molecule has 150 valence electrons. The number of amides is 6. The Kier molecular flexibility index (Phi) is 5.12. The first kappa shape index (κ1) is 19.5. The van der Waals surface area contributed by atoms with Gasteiger partial charge in [0.25, 0.3) is 5.91 Å². The molecule has 0 bridgehead atoms. The molecule has 28 heavy (non-hydrogen) atoms. The fourth-order valence-corrected chi connectivity index (χ4v) is 2.92. The van der Waals surface area contributed by atoms with Crippen molar-refractivity contribution in [1.82, 2.24) is 20.9 Å². The van der Waals surface area contributed by atoms with Crippen LogP contribution in [0.25, 0.3) is 0 Å². The van der Waals surface area contributed by atoms with Gasteiger partial charge in [-0.3, -0.25) is 19.8 Å². The van der Waals surface area contributed by atoms with Gasteiger partial charge >= 0.3 is 12.1 Å². The Balaban J connectivity index is 1.69. The summed E-state index contributed by atoms with van der Waals surface area (Å²) >= 11 is 0. The van der Waals surface area contributed by atoms with Crippen LogP contribution in [0, 0.1) is 0 Å². The molecule has 3 N–H and O–H groups in total. The molecule has 2 heterocycles. The van der Waals surface area contributed by atoms with Gasteiger partial charge in [-0.25, -0.2) is 9.59 Å². The first-order chi connectivity index (χ1) is 13.2. The Bertz CT molecular complexity index is 841. The number of ether oxygens (including phenoxy) is 2. The maximum Gasteiger partial charge on any atom is 0.325 e. The lowest BCUT2D eigenvalue weighted by Gasteiger charge is -2.22. The lowest BCUT2D eigenvalue weighted by molar-refractivity contribution is -0.134. The van der Waals surface area contributed by atoms with Crippen molar-refractivity contribution in [1.29, 1.82) is 0 Å². The maximum atomic E-state index is 12.9. The lowest BCUT2D eigenvalue weighted by Crippen LogP contribution is -2.48. The molecule has 0 spiro atoms. The molecule has 0 radical (unpaired) electrons. The molecule has 10 nitrogen and oxygen atoms in total. The summed E-state index contributed by atoms with van der Waals surface area (Å²) in [6, 6.07) is 3.40. The van der Waals surface area contributed by atoms with Crippen LogP contribution in [-0.4, -0.2) is 48.2 Å². The van der Waals surface area contributed by atoms with Gasteiger partial charge in [-0.15, -0.1) is 0 Å². The summed E-state index contributed by atoms with van der Waals surface area (Å²) in [7, 11) is 0. The summed E-state index contributed by atoms with van der Waals surface area (Å²) in [6.07, 6.45) is 0.697. The summed E-state index contributed by atoms with van der Waals surface area (Å²) in [5.41, 5.74) is -0.871. The van der Waals surface area contributed by atoms with Crippen molar-refractivity contribution in [2.75, 3.05) is 13.3 Å². The van der Waals surface area contributed by atoms with Gasteiger partial charge in [-0.1, -0.05) is 13.0 Å². The van der Waals surface area contributed by atoms with E-state index in [0.29, 0.717) is 23.5 Å². The average molecular weight is 390 g/mol. The highest BCUT2D eigenvalue weighted by Gasteiger charge is 2.50. The standard InChI is InChI=1S/C18H22N4O6/c1-4-10(2)19-16(25)20-14(23)8-22-15(24)18(3,21-17(22)26)11-5-6-12-13(7-11)28-9-27-12/h5-7,10H,4,8-9H2,1-3H3,(H,21,26)(H2,19,20,23,25)/t10-,18+/m1/s1. The first-order valence-electron chi connectivity index (χ1n) is 8.89. The zero-order valence-corrected chi connectivity index (χ0v) is 15.8. The second-order valence-electron chi connectivity index (χ2n) is 6.85. The predicted molar refractivity (Wildman–Crippen MR) is 96.6 cm³/mol.